The molecule has 0 fully saturated rings. The maximum absolute atomic E-state index is 10.1. The van der Waals surface area contributed by atoms with Gasteiger partial charge in [-0.25, -0.2) is 0 Å². The van der Waals surface area contributed by atoms with E-state index in [0.717, 1.165) is 11.1 Å². The van der Waals surface area contributed by atoms with Crippen molar-refractivity contribution in [2.75, 3.05) is 0 Å². The van der Waals surface area contributed by atoms with Crippen LogP contribution in [0.2, 0.25) is 0 Å². The van der Waals surface area contributed by atoms with E-state index in [2.05, 4.69) is 27.7 Å². The second kappa shape index (κ2) is 3.94. The van der Waals surface area contributed by atoms with Crippen LogP contribution in [0.3, 0.4) is 0 Å². The molecule has 0 aromatic carbocycles. The average molecular weight is 312 g/mol. The topological polar surface area (TPSA) is 58.9 Å². The number of fused-ring (bicyclic) bond motifs is 2. The Morgan fingerprint density at radius 3 is 1.48 bits per heavy atom. The standard InChI is InChI=1S/C19H20O4/c1-17(2)7-5-13(20)15-11(17)9-19(22-15)10-12-16(23-19)14(21)6-8-18(12,3)4/h5-10,20-21H,1-4H3. The lowest BCUT2D eigenvalue weighted by Gasteiger charge is -2.26. The molecule has 0 radical (unpaired) electrons. The third kappa shape index (κ3) is 1.84. The van der Waals surface area contributed by atoms with E-state index < -0.39 is 5.79 Å². The third-order valence-corrected chi connectivity index (χ3v) is 4.87. The number of hydrogen-bond acceptors (Lipinski definition) is 4. The minimum atomic E-state index is -1.11. The van der Waals surface area contributed by atoms with Crippen LogP contribution in [0.5, 0.6) is 0 Å². The van der Waals surface area contributed by atoms with Gasteiger partial charge >= 0.3 is 0 Å². The zero-order valence-electron chi connectivity index (χ0n) is 13.7. The molecule has 4 rings (SSSR count). The van der Waals surface area contributed by atoms with E-state index in [0.29, 0.717) is 11.5 Å². The van der Waals surface area contributed by atoms with Crippen molar-refractivity contribution in [1.82, 2.24) is 0 Å². The summed E-state index contributed by atoms with van der Waals surface area (Å²) in [4.78, 5) is 0. The molecular weight excluding hydrogens is 292 g/mol. The lowest BCUT2D eigenvalue weighted by Crippen LogP contribution is -2.24. The molecule has 0 amide bonds. The fraction of sp³-hybridized carbons (Fsp3) is 0.368. The van der Waals surface area contributed by atoms with Gasteiger partial charge in [-0.3, -0.25) is 0 Å². The molecule has 2 heterocycles. The van der Waals surface area contributed by atoms with Gasteiger partial charge in [0.05, 0.1) is 0 Å². The zero-order chi connectivity index (χ0) is 16.6. The average Bonchev–Trinajstić information content (AvgIpc) is 3.04. The molecule has 4 aliphatic rings. The molecule has 120 valence electrons. The minimum Gasteiger partial charge on any atom is -0.504 e. The summed E-state index contributed by atoms with van der Waals surface area (Å²) in [5, 5.41) is 20.3. The Balaban J connectivity index is 1.85. The number of allylic oxidation sites excluding steroid dienone is 6. The Labute approximate surface area is 135 Å². The SMILES string of the molecule is CC1(C)C=CC(O)=C2OC3(C=C21)C=C1C(=C(O)C=CC1(C)C)O3. The largest absolute Gasteiger partial charge is 0.504 e. The van der Waals surface area contributed by atoms with Gasteiger partial charge in [0.1, 0.15) is 0 Å². The van der Waals surface area contributed by atoms with Crippen molar-refractivity contribution in [2.24, 2.45) is 10.8 Å². The summed E-state index contributed by atoms with van der Waals surface area (Å²) in [5.41, 5.74) is 1.26. The van der Waals surface area contributed by atoms with E-state index in [4.69, 9.17) is 9.47 Å². The Kier molecular flexibility index (Phi) is 2.44. The number of rotatable bonds is 0. The minimum absolute atomic E-state index is 0.0971. The van der Waals surface area contributed by atoms with Crippen molar-refractivity contribution >= 4 is 0 Å². The van der Waals surface area contributed by atoms with Crippen molar-refractivity contribution in [3.8, 4) is 0 Å². The normalized spacial score (nSPS) is 28.2. The first-order valence-corrected chi connectivity index (χ1v) is 7.74. The second-order valence-electron chi connectivity index (χ2n) is 7.58. The predicted molar refractivity (Wildman–Crippen MR) is 86.2 cm³/mol. The van der Waals surface area contributed by atoms with Crippen molar-refractivity contribution in [2.45, 2.75) is 33.5 Å². The lowest BCUT2D eigenvalue weighted by molar-refractivity contribution is -0.0954. The van der Waals surface area contributed by atoms with Crippen molar-refractivity contribution in [3.63, 3.8) is 0 Å². The molecule has 2 aliphatic heterocycles. The first kappa shape index (κ1) is 14.2. The quantitative estimate of drug-likeness (QED) is 0.699. The van der Waals surface area contributed by atoms with Crippen LogP contribution in [0, 0.1) is 10.8 Å². The zero-order valence-corrected chi connectivity index (χ0v) is 13.7. The first-order chi connectivity index (χ1) is 10.6. The van der Waals surface area contributed by atoms with E-state index in [1.165, 1.54) is 0 Å². The second-order valence-corrected chi connectivity index (χ2v) is 7.58. The summed E-state index contributed by atoms with van der Waals surface area (Å²) >= 11 is 0. The Hall–Kier alpha value is -2.36. The molecule has 0 saturated heterocycles. The van der Waals surface area contributed by atoms with E-state index >= 15 is 0 Å². The van der Waals surface area contributed by atoms with Gasteiger partial charge in [-0.05, 0) is 12.2 Å². The summed E-state index contributed by atoms with van der Waals surface area (Å²) in [5.74, 6) is -0.0262. The molecule has 0 aromatic heterocycles. The van der Waals surface area contributed by atoms with Gasteiger partial charge < -0.3 is 19.7 Å². The van der Waals surface area contributed by atoms with Crippen molar-refractivity contribution in [3.05, 3.63) is 70.6 Å². The fourth-order valence-electron chi connectivity index (χ4n) is 3.39. The van der Waals surface area contributed by atoms with E-state index in [1.54, 1.807) is 12.2 Å². The summed E-state index contributed by atoms with van der Waals surface area (Å²) in [6, 6.07) is 0. The van der Waals surface area contributed by atoms with Gasteiger partial charge in [0.25, 0.3) is 5.79 Å². The monoisotopic (exact) mass is 312 g/mol. The molecule has 0 unspecified atom stereocenters. The van der Waals surface area contributed by atoms with Crippen molar-refractivity contribution < 1.29 is 19.7 Å². The summed E-state index contributed by atoms with van der Waals surface area (Å²) in [6.45, 7) is 8.23. The molecule has 4 nitrogen and oxygen atoms in total. The number of hydrogen-bond donors (Lipinski definition) is 2. The number of ether oxygens (including phenoxy) is 2. The molecule has 23 heavy (non-hydrogen) atoms. The van der Waals surface area contributed by atoms with Gasteiger partial charge in [-0.15, -0.1) is 0 Å². The van der Waals surface area contributed by atoms with Gasteiger partial charge in [-0.1, -0.05) is 39.8 Å². The molecule has 0 atom stereocenters. The Morgan fingerprint density at radius 2 is 1.13 bits per heavy atom. The van der Waals surface area contributed by atoms with Crippen LogP contribution in [0.15, 0.2) is 70.6 Å². The molecule has 2 N–H and O–H groups in total. The van der Waals surface area contributed by atoms with Crippen molar-refractivity contribution in [1.29, 1.82) is 0 Å². The van der Waals surface area contributed by atoms with Crippen LogP contribution in [0.4, 0.5) is 0 Å². The summed E-state index contributed by atoms with van der Waals surface area (Å²) in [6.07, 6.45) is 11.0. The highest BCUT2D eigenvalue weighted by Gasteiger charge is 2.51. The van der Waals surface area contributed by atoms with Gasteiger partial charge in [0.2, 0.25) is 0 Å². The van der Waals surface area contributed by atoms with E-state index in [1.807, 2.05) is 24.3 Å². The molecule has 0 saturated carbocycles. The van der Waals surface area contributed by atoms with Crippen LogP contribution >= 0.6 is 0 Å². The summed E-state index contributed by atoms with van der Waals surface area (Å²) in [7, 11) is 0. The lowest BCUT2D eigenvalue weighted by atomic mass is 9.78. The highest BCUT2D eigenvalue weighted by molar-refractivity contribution is 5.55. The van der Waals surface area contributed by atoms with E-state index in [9.17, 15) is 10.2 Å². The highest BCUT2D eigenvalue weighted by atomic mass is 16.7. The Morgan fingerprint density at radius 1 is 0.739 bits per heavy atom. The van der Waals surface area contributed by atoms with Crippen LogP contribution in [-0.4, -0.2) is 16.0 Å². The Bertz CT molecular complexity index is 729. The molecule has 0 aromatic rings. The number of aliphatic hydroxyl groups excluding tert-OH is 2. The predicted octanol–water partition coefficient (Wildman–Crippen LogP) is 4.33. The van der Waals surface area contributed by atoms with Gasteiger partial charge in [0, 0.05) is 34.1 Å². The number of aliphatic hydroxyl groups is 2. The van der Waals surface area contributed by atoms with Gasteiger partial charge in [0.15, 0.2) is 23.0 Å². The van der Waals surface area contributed by atoms with Crippen LogP contribution < -0.4 is 0 Å². The highest BCUT2D eigenvalue weighted by Crippen LogP contribution is 2.53. The van der Waals surface area contributed by atoms with Crippen LogP contribution in [-0.2, 0) is 9.47 Å². The van der Waals surface area contributed by atoms with E-state index in [-0.39, 0.29) is 22.3 Å². The maximum atomic E-state index is 10.1. The molecule has 4 heteroatoms. The maximum Gasteiger partial charge on any atom is 0.293 e. The fourth-order valence-corrected chi connectivity index (χ4v) is 3.39. The summed E-state index contributed by atoms with van der Waals surface area (Å²) < 4.78 is 12.0. The molecule has 0 bridgehead atoms. The molecule has 2 aliphatic carbocycles. The molecular formula is C19H20O4. The third-order valence-electron chi connectivity index (χ3n) is 4.87. The smallest absolute Gasteiger partial charge is 0.293 e. The van der Waals surface area contributed by atoms with Crippen LogP contribution in [0.1, 0.15) is 27.7 Å². The van der Waals surface area contributed by atoms with Crippen LogP contribution in [0.25, 0.3) is 0 Å². The van der Waals surface area contributed by atoms with Gasteiger partial charge in [-0.2, -0.15) is 0 Å². The molecule has 1 spiro atoms. The first-order valence-electron chi connectivity index (χ1n) is 7.74.